The molecular formula is C21H23N3O3. The summed E-state index contributed by atoms with van der Waals surface area (Å²) < 4.78 is 0. The van der Waals surface area contributed by atoms with E-state index in [-0.39, 0.29) is 18.4 Å². The minimum Gasteiger partial charge on any atom is -0.395 e. The molecule has 0 spiro atoms. The molecule has 4 rings (SSSR count). The molecule has 1 saturated carbocycles. The highest BCUT2D eigenvalue weighted by Gasteiger charge is 2.27. The van der Waals surface area contributed by atoms with Crippen LogP contribution in [0.15, 0.2) is 36.4 Å². The molecule has 0 bridgehead atoms. The minimum absolute atomic E-state index is 0.0412. The van der Waals surface area contributed by atoms with Crippen LogP contribution in [0.3, 0.4) is 0 Å². The van der Waals surface area contributed by atoms with Gasteiger partial charge in [0.15, 0.2) is 0 Å². The minimum atomic E-state index is -0.0419. The van der Waals surface area contributed by atoms with E-state index in [0.717, 1.165) is 35.3 Å². The van der Waals surface area contributed by atoms with Gasteiger partial charge in [0.1, 0.15) is 0 Å². The number of hydrogen-bond donors (Lipinski definition) is 3. The number of benzene rings is 2. The van der Waals surface area contributed by atoms with Crippen molar-refractivity contribution < 1.29 is 14.7 Å². The SMILES string of the molecule is Cc1ccc(C(=O)NC2CC2)cc1Nc1ccc2c(c1)CN(CCO)C2=O. The lowest BCUT2D eigenvalue weighted by Crippen LogP contribution is -2.26. The zero-order valence-electron chi connectivity index (χ0n) is 15.3. The fourth-order valence-electron chi connectivity index (χ4n) is 3.31. The van der Waals surface area contributed by atoms with E-state index >= 15 is 0 Å². The lowest BCUT2D eigenvalue weighted by atomic mass is 10.1. The van der Waals surface area contributed by atoms with Crippen LogP contribution in [0, 0.1) is 6.92 Å². The van der Waals surface area contributed by atoms with Crippen LogP contribution in [0.1, 0.15) is 44.7 Å². The average molecular weight is 365 g/mol. The number of β-amino-alcohol motifs (C(OH)–C–C–N with tert-alkyl or cyclic N) is 1. The maximum Gasteiger partial charge on any atom is 0.254 e. The molecular weight excluding hydrogens is 342 g/mol. The zero-order valence-corrected chi connectivity index (χ0v) is 15.3. The van der Waals surface area contributed by atoms with Crippen LogP contribution in [0.25, 0.3) is 0 Å². The molecule has 3 N–H and O–H groups in total. The highest BCUT2D eigenvalue weighted by molar-refractivity contribution is 5.99. The van der Waals surface area contributed by atoms with Crippen molar-refractivity contribution in [2.75, 3.05) is 18.5 Å². The molecule has 0 saturated heterocycles. The zero-order chi connectivity index (χ0) is 19.0. The molecule has 2 aromatic rings. The molecule has 27 heavy (non-hydrogen) atoms. The maximum absolute atomic E-state index is 12.3. The molecule has 0 radical (unpaired) electrons. The van der Waals surface area contributed by atoms with Crippen molar-refractivity contribution in [1.82, 2.24) is 10.2 Å². The third kappa shape index (κ3) is 3.66. The van der Waals surface area contributed by atoms with Crippen molar-refractivity contribution >= 4 is 23.2 Å². The van der Waals surface area contributed by atoms with Crippen LogP contribution >= 0.6 is 0 Å². The Morgan fingerprint density at radius 3 is 2.78 bits per heavy atom. The van der Waals surface area contributed by atoms with Crippen LogP contribution < -0.4 is 10.6 Å². The molecule has 2 amide bonds. The molecule has 6 heteroatoms. The van der Waals surface area contributed by atoms with Crippen LogP contribution in [0.4, 0.5) is 11.4 Å². The second kappa shape index (κ2) is 7.04. The summed E-state index contributed by atoms with van der Waals surface area (Å²) in [4.78, 5) is 26.2. The van der Waals surface area contributed by atoms with Gasteiger partial charge >= 0.3 is 0 Å². The first-order valence-corrected chi connectivity index (χ1v) is 9.27. The number of aliphatic hydroxyl groups excluding tert-OH is 1. The largest absolute Gasteiger partial charge is 0.395 e. The Balaban J connectivity index is 1.54. The van der Waals surface area contributed by atoms with Gasteiger partial charge in [0.2, 0.25) is 0 Å². The number of amides is 2. The van der Waals surface area contributed by atoms with Crippen LogP contribution in [-0.2, 0) is 6.54 Å². The number of nitrogens with zero attached hydrogens (tertiary/aromatic N) is 1. The second-order valence-electron chi connectivity index (χ2n) is 7.22. The van der Waals surface area contributed by atoms with E-state index < -0.39 is 0 Å². The van der Waals surface area contributed by atoms with E-state index in [1.807, 2.05) is 43.3 Å². The lowest BCUT2D eigenvalue weighted by Gasteiger charge is -2.13. The van der Waals surface area contributed by atoms with E-state index in [9.17, 15) is 9.59 Å². The number of fused-ring (bicyclic) bond motifs is 1. The number of rotatable bonds is 6. The van der Waals surface area contributed by atoms with Gasteiger partial charge in [0.25, 0.3) is 11.8 Å². The Morgan fingerprint density at radius 1 is 1.22 bits per heavy atom. The fourth-order valence-corrected chi connectivity index (χ4v) is 3.31. The second-order valence-corrected chi connectivity index (χ2v) is 7.22. The molecule has 1 fully saturated rings. The molecule has 1 aliphatic heterocycles. The van der Waals surface area contributed by atoms with Crippen LogP contribution in [0.2, 0.25) is 0 Å². The van der Waals surface area contributed by atoms with Gasteiger partial charge < -0.3 is 20.6 Å². The number of carbonyl (C=O) groups excluding carboxylic acids is 2. The normalized spacial score (nSPS) is 15.6. The highest BCUT2D eigenvalue weighted by Crippen LogP contribution is 2.29. The summed E-state index contributed by atoms with van der Waals surface area (Å²) in [6.07, 6.45) is 2.12. The van der Waals surface area contributed by atoms with Gasteiger partial charge in [0, 0.05) is 41.6 Å². The topological polar surface area (TPSA) is 81.7 Å². The maximum atomic E-state index is 12.3. The van der Waals surface area contributed by atoms with Gasteiger partial charge in [-0.15, -0.1) is 0 Å². The predicted octanol–water partition coefficient (Wildman–Crippen LogP) is 2.58. The number of anilines is 2. The molecule has 140 valence electrons. The Labute approximate surface area is 158 Å². The Morgan fingerprint density at radius 2 is 2.04 bits per heavy atom. The van der Waals surface area contributed by atoms with Crippen molar-refractivity contribution in [3.8, 4) is 0 Å². The van der Waals surface area contributed by atoms with Crippen molar-refractivity contribution in [3.63, 3.8) is 0 Å². The Bertz CT molecular complexity index is 906. The first-order valence-electron chi connectivity index (χ1n) is 9.27. The first-order chi connectivity index (χ1) is 13.0. The third-order valence-electron chi connectivity index (χ3n) is 5.05. The van der Waals surface area contributed by atoms with Gasteiger partial charge in [-0.2, -0.15) is 0 Å². The van der Waals surface area contributed by atoms with Gasteiger partial charge in [-0.05, 0) is 61.2 Å². The summed E-state index contributed by atoms with van der Waals surface area (Å²) in [6, 6.07) is 11.6. The van der Waals surface area contributed by atoms with Crippen molar-refractivity contribution in [2.24, 2.45) is 0 Å². The van der Waals surface area contributed by atoms with Gasteiger partial charge in [-0.25, -0.2) is 0 Å². The summed E-state index contributed by atoms with van der Waals surface area (Å²) in [5.74, 6) is -0.0831. The molecule has 2 aliphatic rings. The standard InChI is InChI=1S/C21H23N3O3/c1-13-2-3-14(20(26)23-16-4-5-16)11-19(13)22-17-6-7-18-15(10-17)12-24(8-9-25)21(18)27/h2-3,6-7,10-11,16,22,25H,4-5,8-9,12H2,1H3,(H,23,26). The average Bonchev–Trinajstić information content (AvgIpc) is 3.41. The number of aliphatic hydroxyl groups is 1. The summed E-state index contributed by atoms with van der Waals surface area (Å²) in [5, 5.41) is 15.5. The summed E-state index contributed by atoms with van der Waals surface area (Å²) >= 11 is 0. The summed E-state index contributed by atoms with van der Waals surface area (Å²) in [6.45, 7) is 2.80. The molecule has 0 atom stereocenters. The van der Waals surface area contributed by atoms with E-state index in [4.69, 9.17) is 5.11 Å². The highest BCUT2D eigenvalue weighted by atomic mass is 16.3. The number of carbonyl (C=O) groups is 2. The molecule has 2 aromatic carbocycles. The van der Waals surface area contributed by atoms with E-state index in [0.29, 0.717) is 30.3 Å². The number of hydrogen-bond acceptors (Lipinski definition) is 4. The van der Waals surface area contributed by atoms with Gasteiger partial charge in [-0.3, -0.25) is 9.59 Å². The lowest BCUT2D eigenvalue weighted by molar-refractivity contribution is 0.0745. The number of nitrogens with one attached hydrogen (secondary N) is 2. The summed E-state index contributed by atoms with van der Waals surface area (Å²) in [5.41, 5.74) is 5.05. The molecule has 0 unspecified atom stereocenters. The smallest absolute Gasteiger partial charge is 0.254 e. The summed E-state index contributed by atoms with van der Waals surface area (Å²) in [7, 11) is 0. The third-order valence-corrected chi connectivity index (χ3v) is 5.05. The Hall–Kier alpha value is -2.86. The first kappa shape index (κ1) is 17.5. The molecule has 1 heterocycles. The quantitative estimate of drug-likeness (QED) is 0.735. The number of aryl methyl sites for hydroxylation is 1. The van der Waals surface area contributed by atoms with E-state index in [1.54, 1.807) is 4.90 Å². The van der Waals surface area contributed by atoms with Crippen LogP contribution in [0.5, 0.6) is 0 Å². The van der Waals surface area contributed by atoms with Crippen molar-refractivity contribution in [3.05, 3.63) is 58.7 Å². The van der Waals surface area contributed by atoms with Gasteiger partial charge in [0.05, 0.1) is 6.61 Å². The van der Waals surface area contributed by atoms with E-state index in [2.05, 4.69) is 10.6 Å². The van der Waals surface area contributed by atoms with Crippen molar-refractivity contribution in [1.29, 1.82) is 0 Å². The van der Waals surface area contributed by atoms with Gasteiger partial charge in [-0.1, -0.05) is 6.07 Å². The monoisotopic (exact) mass is 365 g/mol. The molecule has 1 aliphatic carbocycles. The Kier molecular flexibility index (Phi) is 4.58. The molecule has 6 nitrogen and oxygen atoms in total. The van der Waals surface area contributed by atoms with Crippen molar-refractivity contribution in [2.45, 2.75) is 32.4 Å². The fraction of sp³-hybridized carbons (Fsp3) is 0.333. The van der Waals surface area contributed by atoms with Crippen LogP contribution in [-0.4, -0.2) is 41.0 Å². The predicted molar refractivity (Wildman–Crippen MR) is 103 cm³/mol. The molecule has 0 aromatic heterocycles. The van der Waals surface area contributed by atoms with E-state index in [1.165, 1.54) is 0 Å².